The van der Waals surface area contributed by atoms with Crippen LogP contribution in [0.1, 0.15) is 13.3 Å². The number of nitrogens with two attached hydrogens (primary N) is 1. The van der Waals surface area contributed by atoms with Gasteiger partial charge >= 0.3 is 6.03 Å². The van der Waals surface area contributed by atoms with Gasteiger partial charge in [0.15, 0.2) is 0 Å². The topological polar surface area (TPSA) is 67.5 Å². The third-order valence-electron chi connectivity index (χ3n) is 0.449. The lowest BCUT2D eigenvalue weighted by molar-refractivity contribution is 0.249. The van der Waals surface area contributed by atoms with Crippen molar-refractivity contribution in [3.8, 4) is 0 Å². The van der Waals surface area contributed by atoms with Crippen LogP contribution in [0.2, 0.25) is 0 Å². The van der Waals surface area contributed by atoms with E-state index in [1.54, 1.807) is 6.21 Å². The molecule has 4 heteroatoms. The van der Waals surface area contributed by atoms with Crippen molar-refractivity contribution >= 4 is 12.2 Å². The Morgan fingerprint density at radius 1 is 2.00 bits per heavy atom. The summed E-state index contributed by atoms with van der Waals surface area (Å²) in [5.41, 5.74) is 6.72. The van der Waals surface area contributed by atoms with Crippen molar-refractivity contribution in [3.05, 3.63) is 0 Å². The van der Waals surface area contributed by atoms with E-state index in [9.17, 15) is 4.79 Å². The molecule has 0 fully saturated rings. The Balaban J connectivity index is 3.16. The Kier molecular flexibility index (Phi) is 3.56. The van der Waals surface area contributed by atoms with E-state index in [1.165, 1.54) is 0 Å². The van der Waals surface area contributed by atoms with Crippen molar-refractivity contribution in [1.82, 2.24) is 5.43 Å². The first kappa shape index (κ1) is 6.94. The normalized spacial score (nSPS) is 9.62. The summed E-state index contributed by atoms with van der Waals surface area (Å²) in [6.07, 6.45) is 2.35. The van der Waals surface area contributed by atoms with E-state index < -0.39 is 6.03 Å². The monoisotopic (exact) mass is 115 g/mol. The van der Waals surface area contributed by atoms with Crippen molar-refractivity contribution in [3.63, 3.8) is 0 Å². The summed E-state index contributed by atoms with van der Waals surface area (Å²) in [6.45, 7) is 1.91. The highest BCUT2D eigenvalue weighted by molar-refractivity contribution is 5.72. The average molecular weight is 115 g/mol. The molecule has 0 atom stereocenters. The van der Waals surface area contributed by atoms with Crippen LogP contribution in [0, 0.1) is 0 Å². The van der Waals surface area contributed by atoms with Crippen LogP contribution in [0.15, 0.2) is 5.10 Å². The van der Waals surface area contributed by atoms with E-state index in [0.717, 1.165) is 6.42 Å². The standard InChI is InChI=1S/C4H9N3O/c1-2-3-6-7-4(5)8/h3H,2H2,1H3,(H3,5,7,8)/b6-3+. The second-order valence-corrected chi connectivity index (χ2v) is 1.20. The third-order valence-corrected chi connectivity index (χ3v) is 0.449. The summed E-state index contributed by atoms with van der Waals surface area (Å²) in [7, 11) is 0. The second kappa shape index (κ2) is 4.11. The number of carbonyl (C=O) groups excluding carboxylic acids is 1. The van der Waals surface area contributed by atoms with E-state index in [-0.39, 0.29) is 0 Å². The SMILES string of the molecule is CC/C=N/NC(N)=O. The Labute approximate surface area is 47.8 Å². The minimum atomic E-state index is -0.630. The maximum Gasteiger partial charge on any atom is 0.332 e. The summed E-state index contributed by atoms with van der Waals surface area (Å²) in [5.74, 6) is 0. The van der Waals surface area contributed by atoms with E-state index in [0.29, 0.717) is 0 Å². The minimum Gasteiger partial charge on any atom is -0.350 e. The van der Waals surface area contributed by atoms with E-state index in [1.807, 2.05) is 6.92 Å². The molecule has 0 radical (unpaired) electrons. The van der Waals surface area contributed by atoms with Crippen molar-refractivity contribution in [1.29, 1.82) is 0 Å². The van der Waals surface area contributed by atoms with Gasteiger partial charge in [-0.1, -0.05) is 6.92 Å². The van der Waals surface area contributed by atoms with Crippen LogP contribution in [0.25, 0.3) is 0 Å². The largest absolute Gasteiger partial charge is 0.350 e. The van der Waals surface area contributed by atoms with Gasteiger partial charge in [-0.2, -0.15) is 5.10 Å². The lowest BCUT2D eigenvalue weighted by atomic mass is 10.6. The first-order valence-electron chi connectivity index (χ1n) is 2.34. The number of hydrazone groups is 1. The highest BCUT2D eigenvalue weighted by Gasteiger charge is 1.79. The summed E-state index contributed by atoms with van der Waals surface area (Å²) in [4.78, 5) is 9.87. The number of primary amides is 1. The van der Waals surface area contributed by atoms with Crippen LogP contribution in [0.4, 0.5) is 4.79 Å². The molecular weight excluding hydrogens is 106 g/mol. The molecule has 0 aliphatic rings. The highest BCUT2D eigenvalue weighted by Crippen LogP contribution is 1.63. The van der Waals surface area contributed by atoms with Crippen LogP contribution < -0.4 is 11.2 Å². The molecule has 0 saturated carbocycles. The zero-order valence-corrected chi connectivity index (χ0v) is 4.72. The molecule has 0 rings (SSSR count). The van der Waals surface area contributed by atoms with Crippen LogP contribution in [0.3, 0.4) is 0 Å². The molecule has 0 aromatic carbocycles. The van der Waals surface area contributed by atoms with Gasteiger partial charge in [0.2, 0.25) is 0 Å². The number of amides is 2. The van der Waals surface area contributed by atoms with Gasteiger partial charge in [-0.25, -0.2) is 10.2 Å². The Bertz CT molecular complexity index is 99.5. The Hall–Kier alpha value is -1.06. The number of rotatable bonds is 2. The van der Waals surface area contributed by atoms with Crippen LogP contribution >= 0.6 is 0 Å². The number of nitrogens with zero attached hydrogens (tertiary/aromatic N) is 1. The van der Waals surface area contributed by atoms with Gasteiger partial charge in [0.25, 0.3) is 0 Å². The van der Waals surface area contributed by atoms with Gasteiger partial charge < -0.3 is 5.73 Å². The van der Waals surface area contributed by atoms with E-state index >= 15 is 0 Å². The molecule has 46 valence electrons. The molecule has 0 aromatic heterocycles. The molecule has 0 unspecified atom stereocenters. The van der Waals surface area contributed by atoms with Crippen LogP contribution in [0.5, 0.6) is 0 Å². The van der Waals surface area contributed by atoms with Gasteiger partial charge in [0, 0.05) is 6.21 Å². The molecule has 3 N–H and O–H groups in total. The van der Waals surface area contributed by atoms with Crippen molar-refractivity contribution < 1.29 is 4.79 Å². The fourth-order valence-electron chi connectivity index (χ4n) is 0.201. The zero-order chi connectivity index (χ0) is 6.41. The highest BCUT2D eigenvalue weighted by atomic mass is 16.2. The first-order valence-corrected chi connectivity index (χ1v) is 2.34. The van der Waals surface area contributed by atoms with E-state index in [4.69, 9.17) is 0 Å². The van der Waals surface area contributed by atoms with Gasteiger partial charge in [-0.3, -0.25) is 0 Å². The summed E-state index contributed by atoms with van der Waals surface area (Å²) in [6, 6.07) is -0.630. The van der Waals surface area contributed by atoms with Crippen LogP contribution in [-0.4, -0.2) is 12.2 Å². The van der Waals surface area contributed by atoms with Gasteiger partial charge in [-0.15, -0.1) is 0 Å². The maximum absolute atomic E-state index is 9.87. The molecule has 0 aliphatic carbocycles. The summed E-state index contributed by atoms with van der Waals surface area (Å²) in [5, 5.41) is 3.44. The summed E-state index contributed by atoms with van der Waals surface area (Å²) >= 11 is 0. The number of nitrogens with one attached hydrogen (secondary N) is 1. The average Bonchev–Trinajstić information content (AvgIpc) is 1.66. The Morgan fingerprint density at radius 3 is 3.00 bits per heavy atom. The van der Waals surface area contributed by atoms with Crippen molar-refractivity contribution in [2.75, 3.05) is 0 Å². The van der Waals surface area contributed by atoms with Crippen molar-refractivity contribution in [2.24, 2.45) is 10.8 Å². The fraction of sp³-hybridized carbons (Fsp3) is 0.500. The zero-order valence-electron chi connectivity index (χ0n) is 4.72. The van der Waals surface area contributed by atoms with Gasteiger partial charge in [-0.05, 0) is 6.42 Å². The van der Waals surface area contributed by atoms with Crippen molar-refractivity contribution in [2.45, 2.75) is 13.3 Å². The smallest absolute Gasteiger partial charge is 0.332 e. The molecule has 0 aliphatic heterocycles. The predicted molar refractivity (Wildman–Crippen MR) is 31.5 cm³/mol. The molecule has 0 spiro atoms. The quantitative estimate of drug-likeness (QED) is 0.387. The number of hydrogen-bond acceptors (Lipinski definition) is 2. The van der Waals surface area contributed by atoms with Gasteiger partial charge in [0.05, 0.1) is 0 Å². The number of hydrogen-bond donors (Lipinski definition) is 2. The summed E-state index contributed by atoms with van der Waals surface area (Å²) < 4.78 is 0. The predicted octanol–water partition coefficient (Wildman–Crippen LogP) is 0.0505. The molecule has 0 heterocycles. The first-order chi connectivity index (χ1) is 3.77. The molecular formula is C4H9N3O. The van der Waals surface area contributed by atoms with E-state index in [2.05, 4.69) is 16.3 Å². The lowest BCUT2D eigenvalue weighted by Crippen LogP contribution is -2.24. The molecule has 4 nitrogen and oxygen atoms in total. The molecule has 0 saturated heterocycles. The number of urea groups is 1. The van der Waals surface area contributed by atoms with Gasteiger partial charge in [0.1, 0.15) is 0 Å². The van der Waals surface area contributed by atoms with Crippen LogP contribution in [-0.2, 0) is 0 Å². The fourth-order valence-corrected chi connectivity index (χ4v) is 0.201. The molecule has 2 amide bonds. The number of carbonyl (C=O) groups is 1. The minimum absolute atomic E-state index is 0.630. The third kappa shape index (κ3) is 4.94. The maximum atomic E-state index is 9.87. The molecule has 8 heavy (non-hydrogen) atoms. The Morgan fingerprint density at radius 2 is 2.62 bits per heavy atom. The molecule has 0 aromatic rings. The lowest BCUT2D eigenvalue weighted by Gasteiger charge is -1.86. The molecule has 0 bridgehead atoms. The second-order valence-electron chi connectivity index (χ2n) is 1.20.